The highest BCUT2D eigenvalue weighted by Crippen LogP contribution is 2.53. The van der Waals surface area contributed by atoms with Crippen molar-refractivity contribution in [1.29, 1.82) is 0 Å². The fraction of sp³-hybridized carbons (Fsp3) is 0.324. The fourth-order valence-corrected chi connectivity index (χ4v) is 6.91. The molecule has 0 unspecified atom stereocenters. The molecule has 1 aliphatic heterocycles. The second-order valence-corrected chi connectivity index (χ2v) is 11.5. The fourth-order valence-electron chi connectivity index (χ4n) is 6.91. The van der Waals surface area contributed by atoms with Crippen LogP contribution >= 0.6 is 0 Å². The van der Waals surface area contributed by atoms with Gasteiger partial charge in [-0.15, -0.1) is 0 Å². The van der Waals surface area contributed by atoms with E-state index in [0.717, 1.165) is 17.9 Å². The molecule has 2 aliphatic rings. The maximum Gasteiger partial charge on any atom is 0.228 e. The largest absolute Gasteiger partial charge is 0.455 e. The monoisotopic (exact) mass is 472 g/mol. The quantitative estimate of drug-likeness (QED) is 0.185. The topological polar surface area (TPSA) is 13.1 Å². The molecule has 4 aromatic carbocycles. The molecular weight excluding hydrogens is 438 g/mol. The van der Waals surface area contributed by atoms with Gasteiger partial charge in [-0.2, -0.15) is 0 Å². The van der Waals surface area contributed by atoms with Gasteiger partial charge in [-0.1, -0.05) is 69.2 Å². The molecule has 180 valence electrons. The molecule has 0 N–H and O–H groups in total. The van der Waals surface area contributed by atoms with Crippen molar-refractivity contribution in [2.24, 2.45) is 13.0 Å². The zero-order valence-electron chi connectivity index (χ0n) is 21.8. The van der Waals surface area contributed by atoms with E-state index >= 15 is 0 Å². The first kappa shape index (κ1) is 21.9. The van der Waals surface area contributed by atoms with E-state index in [1.165, 1.54) is 85.9 Å². The molecule has 2 nitrogen and oxygen atoms in total. The number of nitrogens with zero attached hydrogens (tertiary/aromatic N) is 1. The van der Waals surface area contributed by atoms with Gasteiger partial charge in [-0.05, 0) is 76.8 Å². The van der Waals surface area contributed by atoms with E-state index in [-0.39, 0.29) is 0 Å². The van der Waals surface area contributed by atoms with Gasteiger partial charge in [0.1, 0.15) is 18.5 Å². The Morgan fingerprint density at radius 1 is 0.889 bits per heavy atom. The number of hydrogen-bond donors (Lipinski definition) is 0. The Morgan fingerprint density at radius 3 is 2.44 bits per heavy atom. The number of ether oxygens (including phenoxy) is 1. The highest BCUT2D eigenvalue weighted by atomic mass is 16.5. The van der Waals surface area contributed by atoms with Gasteiger partial charge >= 0.3 is 0 Å². The lowest BCUT2D eigenvalue weighted by Gasteiger charge is -2.26. The van der Waals surface area contributed by atoms with E-state index in [1.807, 2.05) is 0 Å². The summed E-state index contributed by atoms with van der Waals surface area (Å²) in [7, 11) is 2.18. The van der Waals surface area contributed by atoms with Crippen LogP contribution in [0, 0.1) is 12.8 Å². The van der Waals surface area contributed by atoms with Crippen molar-refractivity contribution < 1.29 is 9.30 Å². The second kappa shape index (κ2) is 8.06. The van der Waals surface area contributed by atoms with Gasteiger partial charge in [0.15, 0.2) is 6.20 Å². The highest BCUT2D eigenvalue weighted by Gasteiger charge is 2.34. The number of fused-ring (bicyclic) bond motifs is 5. The molecule has 1 fully saturated rings. The number of hydrogen-bond acceptors (Lipinski definition) is 1. The van der Waals surface area contributed by atoms with Crippen molar-refractivity contribution in [3.63, 3.8) is 0 Å². The third-order valence-corrected chi connectivity index (χ3v) is 8.63. The van der Waals surface area contributed by atoms with Gasteiger partial charge in [-0.25, -0.2) is 4.57 Å². The first-order chi connectivity index (χ1) is 17.5. The average molecular weight is 473 g/mol. The molecule has 5 aromatic rings. The van der Waals surface area contributed by atoms with E-state index < -0.39 is 0 Å². The zero-order chi connectivity index (χ0) is 24.6. The maximum atomic E-state index is 7.09. The van der Waals surface area contributed by atoms with Gasteiger partial charge < -0.3 is 4.74 Å². The van der Waals surface area contributed by atoms with Gasteiger partial charge in [0.05, 0.1) is 10.9 Å². The summed E-state index contributed by atoms with van der Waals surface area (Å²) in [6, 6.07) is 20.6. The summed E-state index contributed by atoms with van der Waals surface area (Å²) in [4.78, 5) is 0. The molecule has 1 aromatic heterocycles. The van der Waals surface area contributed by atoms with E-state index in [2.05, 4.69) is 93.2 Å². The lowest BCUT2D eigenvalue weighted by molar-refractivity contribution is -0.659. The van der Waals surface area contributed by atoms with E-state index in [4.69, 9.17) is 4.74 Å². The Bertz CT molecular complexity index is 1690. The maximum absolute atomic E-state index is 7.09. The minimum absolute atomic E-state index is 0.538. The molecule has 0 bridgehead atoms. The van der Waals surface area contributed by atoms with Gasteiger partial charge in [0, 0.05) is 17.0 Å². The standard InChI is InChI=1S/C34H34NO/c1-20(2)17-29-28-12-8-7-11-26(28)21(3)30-32-31-24(15-16-35(32)4)19-25-18-23(22-9-5-6-10-22)13-14-27(25)33(31)36-34(29)30/h7-8,11-16,18-20,22H,5-6,9-10,17H2,1-4H3/q+1. The van der Waals surface area contributed by atoms with Crippen LogP contribution in [0.4, 0.5) is 0 Å². The Labute approximate surface area is 213 Å². The van der Waals surface area contributed by atoms with Gasteiger partial charge in [0.25, 0.3) is 0 Å². The smallest absolute Gasteiger partial charge is 0.228 e. The molecule has 0 spiro atoms. The SMILES string of the molecule is Cc1c2c(c(CC(C)C)c3ccccc13)Oc1c3ccc(C4CCCC4)cc3cc3cc[n+](C)c-2c13. The summed E-state index contributed by atoms with van der Waals surface area (Å²) in [6.45, 7) is 6.87. The first-order valence-corrected chi connectivity index (χ1v) is 13.6. The Hall–Kier alpha value is -3.39. The molecule has 1 saturated carbocycles. The van der Waals surface area contributed by atoms with Crippen LogP contribution in [0.3, 0.4) is 0 Å². The van der Waals surface area contributed by atoms with Crippen molar-refractivity contribution in [2.75, 3.05) is 0 Å². The molecular formula is C34H34NO+. The predicted octanol–water partition coefficient (Wildman–Crippen LogP) is 8.91. The molecule has 7 rings (SSSR count). The van der Waals surface area contributed by atoms with E-state index in [0.29, 0.717) is 11.8 Å². The predicted molar refractivity (Wildman–Crippen MR) is 150 cm³/mol. The van der Waals surface area contributed by atoms with Gasteiger partial charge in [0.2, 0.25) is 5.69 Å². The minimum Gasteiger partial charge on any atom is -0.455 e. The molecule has 0 saturated heterocycles. The van der Waals surface area contributed by atoms with Crippen LogP contribution in [0.2, 0.25) is 0 Å². The molecule has 2 heterocycles. The molecule has 0 radical (unpaired) electrons. The van der Waals surface area contributed by atoms with Crippen LogP contribution in [0.5, 0.6) is 11.5 Å². The zero-order valence-corrected chi connectivity index (χ0v) is 21.8. The Balaban J connectivity index is 1.58. The Morgan fingerprint density at radius 2 is 1.67 bits per heavy atom. The van der Waals surface area contributed by atoms with Crippen molar-refractivity contribution in [2.45, 2.75) is 58.8 Å². The summed E-state index contributed by atoms with van der Waals surface area (Å²) in [6.07, 6.45) is 8.57. The summed E-state index contributed by atoms with van der Waals surface area (Å²) in [5.41, 5.74) is 6.67. The van der Waals surface area contributed by atoms with Gasteiger partial charge in [-0.3, -0.25) is 0 Å². The third kappa shape index (κ3) is 3.13. The molecule has 1 aliphatic carbocycles. The van der Waals surface area contributed by atoms with E-state index in [9.17, 15) is 0 Å². The normalized spacial score (nSPS) is 15.2. The number of benzene rings is 4. The van der Waals surface area contributed by atoms with Crippen molar-refractivity contribution in [3.8, 4) is 22.8 Å². The molecule has 36 heavy (non-hydrogen) atoms. The summed E-state index contributed by atoms with van der Waals surface area (Å²) < 4.78 is 9.39. The lowest BCUT2D eigenvalue weighted by Crippen LogP contribution is -2.32. The van der Waals surface area contributed by atoms with E-state index in [1.54, 1.807) is 0 Å². The number of aryl methyl sites for hydroxylation is 2. The first-order valence-electron chi connectivity index (χ1n) is 13.6. The van der Waals surface area contributed by atoms with Crippen LogP contribution in [-0.2, 0) is 13.5 Å². The molecule has 0 amide bonds. The Kier molecular flexibility index (Phi) is 4.90. The number of rotatable bonds is 3. The highest BCUT2D eigenvalue weighted by molar-refractivity contribution is 6.13. The minimum atomic E-state index is 0.538. The molecule has 0 atom stereocenters. The van der Waals surface area contributed by atoms with Crippen molar-refractivity contribution in [1.82, 2.24) is 0 Å². The number of pyridine rings is 1. The molecule has 2 heteroatoms. The van der Waals surface area contributed by atoms with Crippen LogP contribution in [0.15, 0.2) is 60.8 Å². The van der Waals surface area contributed by atoms with Crippen LogP contribution in [0.1, 0.15) is 62.1 Å². The number of aromatic nitrogens is 1. The average Bonchev–Trinajstić information content (AvgIpc) is 3.42. The van der Waals surface area contributed by atoms with Crippen LogP contribution in [-0.4, -0.2) is 0 Å². The van der Waals surface area contributed by atoms with Crippen LogP contribution in [0.25, 0.3) is 43.6 Å². The second-order valence-electron chi connectivity index (χ2n) is 11.5. The van der Waals surface area contributed by atoms with Crippen molar-refractivity contribution >= 4 is 32.3 Å². The summed E-state index contributed by atoms with van der Waals surface area (Å²) in [5.74, 6) is 3.33. The van der Waals surface area contributed by atoms with Crippen LogP contribution < -0.4 is 9.30 Å². The lowest BCUT2D eigenvalue weighted by atomic mass is 9.85. The summed E-state index contributed by atoms with van der Waals surface area (Å²) >= 11 is 0. The third-order valence-electron chi connectivity index (χ3n) is 8.63. The summed E-state index contributed by atoms with van der Waals surface area (Å²) in [5, 5.41) is 7.68. The van der Waals surface area contributed by atoms with Crippen molar-refractivity contribution in [3.05, 3.63) is 77.5 Å².